The zero-order valence-electron chi connectivity index (χ0n) is 11.0. The van der Waals surface area contributed by atoms with Crippen LogP contribution in [-0.2, 0) is 0 Å². The fourth-order valence-electron chi connectivity index (χ4n) is 1.55. The van der Waals surface area contributed by atoms with E-state index in [0.29, 0.717) is 11.3 Å². The first-order chi connectivity index (χ1) is 8.39. The number of hydrogen-bond acceptors (Lipinski definition) is 5. The van der Waals surface area contributed by atoms with Gasteiger partial charge in [0.1, 0.15) is 11.5 Å². The minimum Gasteiger partial charge on any atom is -0.508 e. The maximum Gasteiger partial charge on any atom is 0.120 e. The summed E-state index contributed by atoms with van der Waals surface area (Å²) in [6, 6.07) is 4.81. The summed E-state index contributed by atoms with van der Waals surface area (Å²) in [5.74, 6) is 0.824. The average Bonchev–Trinajstić information content (AvgIpc) is 2.36. The minimum absolute atomic E-state index is 0.166. The summed E-state index contributed by atoms with van der Waals surface area (Å²) in [5.41, 5.74) is -0.494. The van der Waals surface area contributed by atoms with Crippen molar-refractivity contribution < 1.29 is 20.1 Å². The summed E-state index contributed by atoms with van der Waals surface area (Å²) in [7, 11) is 1.56. The fraction of sp³-hybridized carbons (Fsp3) is 0.538. The first-order valence-corrected chi connectivity index (χ1v) is 5.83. The molecule has 0 fully saturated rings. The van der Waals surface area contributed by atoms with E-state index in [9.17, 15) is 10.2 Å². The van der Waals surface area contributed by atoms with Crippen molar-refractivity contribution >= 4 is 0 Å². The van der Waals surface area contributed by atoms with Crippen molar-refractivity contribution in [2.75, 3.05) is 20.3 Å². The van der Waals surface area contributed by atoms with E-state index in [1.165, 1.54) is 6.92 Å². The van der Waals surface area contributed by atoms with E-state index in [1.54, 1.807) is 25.3 Å². The van der Waals surface area contributed by atoms with Gasteiger partial charge in [-0.05, 0) is 32.0 Å². The summed E-state index contributed by atoms with van der Waals surface area (Å²) < 4.78 is 5.10. The Kier molecular flexibility index (Phi) is 4.95. The molecule has 2 atom stereocenters. The number of hydrogen-bond donors (Lipinski definition) is 4. The van der Waals surface area contributed by atoms with Gasteiger partial charge in [-0.25, -0.2) is 0 Å². The van der Waals surface area contributed by atoms with Gasteiger partial charge in [0.15, 0.2) is 0 Å². The van der Waals surface area contributed by atoms with Crippen molar-refractivity contribution in [2.45, 2.75) is 25.5 Å². The van der Waals surface area contributed by atoms with E-state index in [-0.39, 0.29) is 24.9 Å². The van der Waals surface area contributed by atoms with Crippen molar-refractivity contribution in [3.63, 3.8) is 0 Å². The van der Waals surface area contributed by atoms with Crippen LogP contribution in [0.25, 0.3) is 0 Å². The zero-order valence-corrected chi connectivity index (χ0v) is 11.0. The highest BCUT2D eigenvalue weighted by molar-refractivity contribution is 5.41. The molecule has 1 aromatic rings. The van der Waals surface area contributed by atoms with E-state index >= 15 is 0 Å². The summed E-state index contributed by atoms with van der Waals surface area (Å²) in [6.07, 6.45) is 0. The molecule has 0 amide bonds. The minimum atomic E-state index is -1.18. The molecule has 0 aliphatic carbocycles. The molecular formula is C13H21NO4. The van der Waals surface area contributed by atoms with Crippen molar-refractivity contribution in [2.24, 2.45) is 0 Å². The van der Waals surface area contributed by atoms with Gasteiger partial charge in [-0.2, -0.15) is 0 Å². The second-order valence-electron chi connectivity index (χ2n) is 4.68. The Bertz CT molecular complexity index is 393. The van der Waals surface area contributed by atoms with Gasteiger partial charge in [0.2, 0.25) is 0 Å². The summed E-state index contributed by atoms with van der Waals surface area (Å²) in [6.45, 7) is 3.30. The van der Waals surface area contributed by atoms with E-state index in [1.807, 2.05) is 6.92 Å². The quantitative estimate of drug-likeness (QED) is 0.604. The normalized spacial score (nSPS) is 16.1. The van der Waals surface area contributed by atoms with Crippen LogP contribution in [0.3, 0.4) is 0 Å². The highest BCUT2D eigenvalue weighted by Gasteiger charge is 2.20. The Morgan fingerprint density at radius 3 is 2.67 bits per heavy atom. The van der Waals surface area contributed by atoms with Gasteiger partial charge in [0, 0.05) is 18.2 Å². The Balaban J connectivity index is 2.74. The van der Waals surface area contributed by atoms with Gasteiger partial charge in [0.25, 0.3) is 0 Å². The topological polar surface area (TPSA) is 82.0 Å². The molecule has 0 radical (unpaired) electrons. The Hall–Kier alpha value is -1.30. The van der Waals surface area contributed by atoms with Gasteiger partial charge in [-0.15, -0.1) is 0 Å². The second-order valence-corrected chi connectivity index (χ2v) is 4.68. The number of phenolic OH excluding ortho intramolecular Hbond substituents is 1. The largest absolute Gasteiger partial charge is 0.508 e. The molecule has 102 valence electrons. The highest BCUT2D eigenvalue weighted by atomic mass is 16.5. The van der Waals surface area contributed by atoms with Crippen LogP contribution in [0, 0.1) is 0 Å². The Morgan fingerprint density at radius 2 is 2.11 bits per heavy atom. The summed E-state index contributed by atoms with van der Waals surface area (Å²) >= 11 is 0. The first-order valence-electron chi connectivity index (χ1n) is 5.83. The third-order valence-electron chi connectivity index (χ3n) is 2.83. The summed E-state index contributed by atoms with van der Waals surface area (Å²) in [5, 5.41) is 31.5. The van der Waals surface area contributed by atoms with Crippen LogP contribution in [0.1, 0.15) is 25.5 Å². The Morgan fingerprint density at radius 1 is 1.44 bits per heavy atom. The van der Waals surface area contributed by atoms with Crippen molar-refractivity contribution in [3.05, 3.63) is 23.8 Å². The summed E-state index contributed by atoms with van der Waals surface area (Å²) in [4.78, 5) is 0. The zero-order chi connectivity index (χ0) is 13.8. The number of aliphatic hydroxyl groups is 2. The van der Waals surface area contributed by atoms with E-state index < -0.39 is 5.60 Å². The smallest absolute Gasteiger partial charge is 0.120 e. The van der Waals surface area contributed by atoms with Crippen LogP contribution in [0.4, 0.5) is 0 Å². The maximum atomic E-state index is 9.78. The number of nitrogens with one attached hydrogen (secondary N) is 1. The van der Waals surface area contributed by atoms with Gasteiger partial charge < -0.3 is 25.4 Å². The molecule has 0 bridgehead atoms. The SMILES string of the molecule is COc1ccc(O)c(C(C)NCC(C)(O)CO)c1. The number of phenols is 1. The molecule has 2 unspecified atom stereocenters. The molecule has 0 spiro atoms. The molecule has 0 saturated heterocycles. The van der Waals surface area contributed by atoms with Gasteiger partial charge in [0.05, 0.1) is 19.3 Å². The third kappa shape index (κ3) is 3.87. The predicted octanol–water partition coefficient (Wildman–Crippen LogP) is 0.795. The lowest BCUT2D eigenvalue weighted by molar-refractivity contribution is 0.00101. The predicted molar refractivity (Wildman–Crippen MR) is 68.8 cm³/mol. The van der Waals surface area contributed by atoms with Crippen LogP contribution in [0.2, 0.25) is 0 Å². The van der Waals surface area contributed by atoms with Crippen molar-refractivity contribution in [1.29, 1.82) is 0 Å². The molecule has 0 aliphatic rings. The third-order valence-corrected chi connectivity index (χ3v) is 2.83. The number of ether oxygens (including phenoxy) is 1. The molecular weight excluding hydrogens is 234 g/mol. The standard InChI is InChI=1S/C13H21NO4/c1-9(14-7-13(2,17)8-15)11-6-10(18-3)4-5-12(11)16/h4-6,9,14-17H,7-8H2,1-3H3. The van der Waals surface area contributed by atoms with Crippen LogP contribution >= 0.6 is 0 Å². The van der Waals surface area contributed by atoms with Gasteiger partial charge >= 0.3 is 0 Å². The molecule has 0 aromatic heterocycles. The van der Waals surface area contributed by atoms with E-state index in [0.717, 1.165) is 0 Å². The molecule has 5 nitrogen and oxygen atoms in total. The van der Waals surface area contributed by atoms with E-state index in [2.05, 4.69) is 5.32 Å². The van der Waals surface area contributed by atoms with Crippen LogP contribution in [-0.4, -0.2) is 41.2 Å². The molecule has 1 rings (SSSR count). The number of aliphatic hydroxyl groups excluding tert-OH is 1. The number of aromatic hydroxyl groups is 1. The second kappa shape index (κ2) is 6.04. The van der Waals surface area contributed by atoms with E-state index in [4.69, 9.17) is 9.84 Å². The number of benzene rings is 1. The van der Waals surface area contributed by atoms with Crippen LogP contribution in [0.5, 0.6) is 11.5 Å². The fourth-order valence-corrected chi connectivity index (χ4v) is 1.55. The maximum absolute atomic E-state index is 9.78. The van der Waals surface area contributed by atoms with Gasteiger partial charge in [-0.1, -0.05) is 0 Å². The monoisotopic (exact) mass is 255 g/mol. The lowest BCUT2D eigenvalue weighted by atomic mass is 10.0. The van der Waals surface area contributed by atoms with Gasteiger partial charge in [-0.3, -0.25) is 0 Å². The molecule has 4 N–H and O–H groups in total. The molecule has 0 saturated carbocycles. The van der Waals surface area contributed by atoms with Crippen molar-refractivity contribution in [1.82, 2.24) is 5.32 Å². The van der Waals surface area contributed by atoms with Crippen LogP contribution in [0.15, 0.2) is 18.2 Å². The molecule has 1 aromatic carbocycles. The lowest BCUT2D eigenvalue weighted by Gasteiger charge is -2.24. The number of rotatable bonds is 6. The Labute approximate surface area is 107 Å². The molecule has 5 heteroatoms. The molecule has 0 aliphatic heterocycles. The highest BCUT2D eigenvalue weighted by Crippen LogP contribution is 2.28. The lowest BCUT2D eigenvalue weighted by Crippen LogP contribution is -2.41. The number of methoxy groups -OCH3 is 1. The first kappa shape index (κ1) is 14.8. The van der Waals surface area contributed by atoms with Crippen LogP contribution < -0.4 is 10.1 Å². The van der Waals surface area contributed by atoms with Crippen molar-refractivity contribution in [3.8, 4) is 11.5 Å². The molecule has 18 heavy (non-hydrogen) atoms. The molecule has 0 heterocycles. The average molecular weight is 255 g/mol.